The van der Waals surface area contributed by atoms with Gasteiger partial charge in [-0.3, -0.25) is 0 Å². The van der Waals surface area contributed by atoms with Crippen molar-refractivity contribution in [3.05, 3.63) is 30.3 Å². The Bertz CT molecular complexity index is 425. The Balaban J connectivity index is 0.00000208. The lowest BCUT2D eigenvalue weighted by Crippen LogP contribution is -2.35. The van der Waals surface area contributed by atoms with Crippen LogP contribution in [-0.4, -0.2) is 31.1 Å². The van der Waals surface area contributed by atoms with E-state index in [4.69, 9.17) is 4.74 Å². The maximum Gasteiger partial charge on any atom is 0.119 e. The second-order valence-corrected chi connectivity index (χ2v) is 7.54. The van der Waals surface area contributed by atoms with Gasteiger partial charge in [-0.05, 0) is 62.7 Å². The molecule has 136 valence electrons. The first kappa shape index (κ1) is 19.6. The summed E-state index contributed by atoms with van der Waals surface area (Å²) in [6.07, 6.45) is 13.0. The zero-order valence-corrected chi connectivity index (χ0v) is 15.8. The van der Waals surface area contributed by atoms with Crippen molar-refractivity contribution in [2.75, 3.05) is 26.2 Å². The van der Waals surface area contributed by atoms with E-state index in [1.165, 1.54) is 71.0 Å². The molecule has 24 heavy (non-hydrogen) atoms. The van der Waals surface area contributed by atoms with Crippen LogP contribution >= 0.6 is 12.4 Å². The third-order valence-corrected chi connectivity index (χ3v) is 5.73. The Morgan fingerprint density at radius 2 is 1.54 bits per heavy atom. The van der Waals surface area contributed by atoms with Gasteiger partial charge < -0.3 is 9.64 Å². The number of ether oxygens (including phenoxy) is 1. The van der Waals surface area contributed by atoms with Gasteiger partial charge in [-0.2, -0.15) is 0 Å². The van der Waals surface area contributed by atoms with Crippen LogP contribution in [0.15, 0.2) is 30.3 Å². The fourth-order valence-corrected chi connectivity index (χ4v) is 4.33. The summed E-state index contributed by atoms with van der Waals surface area (Å²) in [5.41, 5.74) is 0. The lowest BCUT2D eigenvalue weighted by molar-refractivity contribution is 0.149. The van der Waals surface area contributed by atoms with E-state index in [1.807, 2.05) is 30.3 Å². The van der Waals surface area contributed by atoms with Gasteiger partial charge in [0.2, 0.25) is 0 Å². The lowest BCUT2D eigenvalue weighted by atomic mass is 9.80. The number of halogens is 1. The standard InChI is InChI=1S/C21H33NO.ClH/c1-3-8-19(9-4-1)18-20-12-15-22(16-13-20)14-7-17-23-21-10-5-2-6-11-21;/h2,5-6,10-11,19-20H,1,3-4,7-9,12-18H2;1H. The van der Waals surface area contributed by atoms with Crippen LogP contribution in [0.4, 0.5) is 0 Å². The zero-order chi connectivity index (χ0) is 15.7. The first-order valence-electron chi connectivity index (χ1n) is 9.80. The van der Waals surface area contributed by atoms with E-state index < -0.39 is 0 Å². The summed E-state index contributed by atoms with van der Waals surface area (Å²) in [6.45, 7) is 4.65. The normalized spacial score (nSPS) is 20.5. The Labute approximate surface area is 154 Å². The first-order valence-corrected chi connectivity index (χ1v) is 9.80. The molecule has 1 aliphatic carbocycles. The van der Waals surface area contributed by atoms with Crippen molar-refractivity contribution in [1.29, 1.82) is 0 Å². The number of para-hydroxylation sites is 1. The monoisotopic (exact) mass is 351 g/mol. The molecule has 2 aliphatic rings. The van der Waals surface area contributed by atoms with Crippen molar-refractivity contribution in [1.82, 2.24) is 4.90 Å². The van der Waals surface area contributed by atoms with Gasteiger partial charge in [0, 0.05) is 6.54 Å². The molecule has 0 atom stereocenters. The third-order valence-electron chi connectivity index (χ3n) is 5.73. The Kier molecular flexibility index (Phi) is 8.98. The molecule has 0 amide bonds. The second kappa shape index (κ2) is 11.0. The molecule has 1 saturated heterocycles. The van der Waals surface area contributed by atoms with Crippen LogP contribution in [0.5, 0.6) is 5.75 Å². The van der Waals surface area contributed by atoms with Gasteiger partial charge in [-0.15, -0.1) is 12.4 Å². The van der Waals surface area contributed by atoms with Gasteiger partial charge >= 0.3 is 0 Å². The Morgan fingerprint density at radius 1 is 0.875 bits per heavy atom. The van der Waals surface area contributed by atoms with Gasteiger partial charge in [0.15, 0.2) is 0 Å². The average molecular weight is 352 g/mol. The Morgan fingerprint density at radius 3 is 2.25 bits per heavy atom. The van der Waals surface area contributed by atoms with Crippen LogP contribution in [0.2, 0.25) is 0 Å². The van der Waals surface area contributed by atoms with Crippen LogP contribution < -0.4 is 4.74 Å². The molecule has 0 unspecified atom stereocenters. The van der Waals surface area contributed by atoms with Crippen LogP contribution in [-0.2, 0) is 0 Å². The predicted molar refractivity (Wildman–Crippen MR) is 104 cm³/mol. The molecule has 1 aromatic carbocycles. The van der Waals surface area contributed by atoms with Crippen LogP contribution in [0.3, 0.4) is 0 Å². The number of nitrogens with zero attached hydrogens (tertiary/aromatic N) is 1. The summed E-state index contributed by atoms with van der Waals surface area (Å²) in [7, 11) is 0. The highest BCUT2D eigenvalue weighted by atomic mass is 35.5. The molecular formula is C21H34ClNO. The highest BCUT2D eigenvalue weighted by Gasteiger charge is 2.23. The minimum absolute atomic E-state index is 0. The maximum atomic E-state index is 5.79. The van der Waals surface area contributed by atoms with Gasteiger partial charge in [0.25, 0.3) is 0 Å². The highest BCUT2D eigenvalue weighted by Crippen LogP contribution is 2.32. The summed E-state index contributed by atoms with van der Waals surface area (Å²) in [5.74, 6) is 3.06. The van der Waals surface area contributed by atoms with Gasteiger partial charge in [-0.1, -0.05) is 50.3 Å². The molecule has 0 bridgehead atoms. The summed E-state index contributed by atoms with van der Waals surface area (Å²) in [6, 6.07) is 10.2. The molecule has 1 heterocycles. The molecule has 1 saturated carbocycles. The number of likely N-dealkylation sites (tertiary alicyclic amines) is 1. The maximum absolute atomic E-state index is 5.79. The molecule has 1 aliphatic heterocycles. The highest BCUT2D eigenvalue weighted by molar-refractivity contribution is 5.85. The lowest BCUT2D eigenvalue weighted by Gasteiger charge is -2.34. The fraction of sp³-hybridized carbons (Fsp3) is 0.714. The SMILES string of the molecule is Cl.c1ccc(OCCCN2CCC(CC3CCCCC3)CC2)cc1. The number of piperidine rings is 1. The predicted octanol–water partition coefficient (Wildman–Crippen LogP) is 5.56. The summed E-state index contributed by atoms with van der Waals surface area (Å²) >= 11 is 0. The third kappa shape index (κ3) is 6.64. The number of hydrogen-bond donors (Lipinski definition) is 0. The molecule has 0 aromatic heterocycles. The van der Waals surface area contributed by atoms with E-state index in [1.54, 1.807) is 0 Å². The summed E-state index contributed by atoms with van der Waals surface area (Å²) < 4.78 is 5.79. The zero-order valence-electron chi connectivity index (χ0n) is 15.0. The van der Waals surface area contributed by atoms with E-state index >= 15 is 0 Å². The molecular weight excluding hydrogens is 318 g/mol. The average Bonchev–Trinajstić information content (AvgIpc) is 2.62. The van der Waals surface area contributed by atoms with E-state index in [0.717, 1.165) is 30.6 Å². The fourth-order valence-electron chi connectivity index (χ4n) is 4.33. The van der Waals surface area contributed by atoms with Crippen LogP contribution in [0, 0.1) is 11.8 Å². The van der Waals surface area contributed by atoms with Gasteiger partial charge in [-0.25, -0.2) is 0 Å². The van der Waals surface area contributed by atoms with Gasteiger partial charge in [0.05, 0.1) is 6.61 Å². The minimum atomic E-state index is 0. The van der Waals surface area contributed by atoms with Crippen molar-refractivity contribution in [3.8, 4) is 5.75 Å². The number of benzene rings is 1. The quantitative estimate of drug-likeness (QED) is 0.596. The smallest absolute Gasteiger partial charge is 0.119 e. The van der Waals surface area contributed by atoms with Crippen molar-refractivity contribution < 1.29 is 4.74 Å². The Hall–Kier alpha value is -0.730. The molecule has 0 spiro atoms. The molecule has 2 fully saturated rings. The minimum Gasteiger partial charge on any atom is -0.494 e. The molecule has 2 nitrogen and oxygen atoms in total. The van der Waals surface area contributed by atoms with E-state index in [2.05, 4.69) is 4.90 Å². The molecule has 0 radical (unpaired) electrons. The molecule has 3 rings (SSSR count). The van der Waals surface area contributed by atoms with E-state index in [9.17, 15) is 0 Å². The second-order valence-electron chi connectivity index (χ2n) is 7.54. The molecule has 3 heteroatoms. The molecule has 1 aromatic rings. The van der Waals surface area contributed by atoms with Crippen LogP contribution in [0.1, 0.15) is 57.8 Å². The number of hydrogen-bond acceptors (Lipinski definition) is 2. The number of rotatable bonds is 7. The topological polar surface area (TPSA) is 12.5 Å². The van der Waals surface area contributed by atoms with E-state index in [-0.39, 0.29) is 12.4 Å². The van der Waals surface area contributed by atoms with Crippen molar-refractivity contribution in [2.24, 2.45) is 11.8 Å². The largest absolute Gasteiger partial charge is 0.494 e. The van der Waals surface area contributed by atoms with Gasteiger partial charge in [0.1, 0.15) is 5.75 Å². The molecule has 0 N–H and O–H groups in total. The van der Waals surface area contributed by atoms with Crippen molar-refractivity contribution >= 4 is 12.4 Å². The van der Waals surface area contributed by atoms with Crippen LogP contribution in [0.25, 0.3) is 0 Å². The van der Waals surface area contributed by atoms with E-state index in [0.29, 0.717) is 0 Å². The van der Waals surface area contributed by atoms with Crippen molar-refractivity contribution in [3.63, 3.8) is 0 Å². The summed E-state index contributed by atoms with van der Waals surface area (Å²) in [4.78, 5) is 2.64. The van der Waals surface area contributed by atoms with Crippen molar-refractivity contribution in [2.45, 2.75) is 57.8 Å². The summed E-state index contributed by atoms with van der Waals surface area (Å²) in [5, 5.41) is 0. The first-order chi connectivity index (χ1) is 11.4.